The minimum absolute atomic E-state index is 0.169. The van der Waals surface area contributed by atoms with E-state index >= 15 is 0 Å². The van der Waals surface area contributed by atoms with Crippen LogP contribution in [0.15, 0.2) is 18.3 Å². The highest BCUT2D eigenvalue weighted by atomic mass is 19.3. The highest BCUT2D eigenvalue weighted by Gasteiger charge is 2.45. The second-order valence-electron chi connectivity index (χ2n) is 6.96. The summed E-state index contributed by atoms with van der Waals surface area (Å²) in [5.74, 6) is -2.19. The second kappa shape index (κ2) is 5.71. The molecule has 0 spiro atoms. The molecule has 1 saturated heterocycles. The third-order valence-electron chi connectivity index (χ3n) is 3.46. The molecule has 0 saturated carbocycles. The number of halogens is 2. The lowest BCUT2D eigenvalue weighted by molar-refractivity contribution is -0.0272. The van der Waals surface area contributed by atoms with Gasteiger partial charge in [-0.3, -0.25) is 5.01 Å². The van der Waals surface area contributed by atoms with E-state index < -0.39 is 30.7 Å². The molecule has 0 unspecified atom stereocenters. The summed E-state index contributed by atoms with van der Waals surface area (Å²) in [6.45, 7) is 4.41. The largest absolute Gasteiger partial charge is 0.443 e. The van der Waals surface area contributed by atoms with Crippen LogP contribution in [0.2, 0.25) is 0 Å². The van der Waals surface area contributed by atoms with E-state index in [1.165, 1.54) is 14.4 Å². The van der Waals surface area contributed by atoms with Crippen molar-refractivity contribution >= 4 is 23.4 Å². The first-order valence-electron chi connectivity index (χ1n) is 7.76. The van der Waals surface area contributed by atoms with Crippen LogP contribution in [0.4, 0.5) is 25.3 Å². The van der Waals surface area contributed by atoms with Gasteiger partial charge in [0.15, 0.2) is 5.82 Å². The Bertz CT molecular complexity index is 793. The number of hydrogen-bond acceptors (Lipinski definition) is 6. The fraction of sp³-hybridized carbons (Fsp3) is 0.533. The SMILES string of the molecule is CN(NC(=O)OC(C)(C)C)c1nc(N2CC(F)(F)C2)nn2cccc12. The third kappa shape index (κ3) is 3.72. The van der Waals surface area contributed by atoms with Crippen LogP contribution in [-0.2, 0) is 4.74 Å². The van der Waals surface area contributed by atoms with Crippen molar-refractivity contribution in [1.82, 2.24) is 20.0 Å². The Morgan fingerprint density at radius 1 is 1.40 bits per heavy atom. The lowest BCUT2D eigenvalue weighted by Crippen LogP contribution is -2.57. The van der Waals surface area contributed by atoms with Crippen LogP contribution in [0, 0.1) is 0 Å². The van der Waals surface area contributed by atoms with Gasteiger partial charge in [0, 0.05) is 13.2 Å². The molecule has 8 nitrogen and oxygen atoms in total. The predicted octanol–water partition coefficient (Wildman–Crippen LogP) is 2.06. The van der Waals surface area contributed by atoms with Gasteiger partial charge >= 0.3 is 6.09 Å². The van der Waals surface area contributed by atoms with Gasteiger partial charge in [0.05, 0.1) is 13.1 Å². The van der Waals surface area contributed by atoms with Crippen LogP contribution >= 0.6 is 0 Å². The fourth-order valence-electron chi connectivity index (χ4n) is 2.43. The molecule has 0 atom stereocenters. The normalized spacial score (nSPS) is 16.5. The zero-order chi connectivity index (χ0) is 18.4. The number of ether oxygens (including phenoxy) is 1. The van der Waals surface area contributed by atoms with Gasteiger partial charge in [-0.2, -0.15) is 4.98 Å². The minimum Gasteiger partial charge on any atom is -0.443 e. The van der Waals surface area contributed by atoms with Gasteiger partial charge in [-0.25, -0.2) is 23.5 Å². The molecule has 25 heavy (non-hydrogen) atoms. The number of amides is 1. The highest BCUT2D eigenvalue weighted by Crippen LogP contribution is 2.31. The molecule has 1 aliphatic rings. The summed E-state index contributed by atoms with van der Waals surface area (Å²) in [7, 11) is 1.59. The van der Waals surface area contributed by atoms with E-state index in [1.807, 2.05) is 0 Å². The van der Waals surface area contributed by atoms with Crippen molar-refractivity contribution in [2.45, 2.75) is 32.3 Å². The second-order valence-corrected chi connectivity index (χ2v) is 6.96. The zero-order valence-corrected chi connectivity index (χ0v) is 14.5. The van der Waals surface area contributed by atoms with Gasteiger partial charge in [0.1, 0.15) is 11.1 Å². The van der Waals surface area contributed by atoms with Crippen LogP contribution in [0.5, 0.6) is 0 Å². The molecule has 2 aromatic rings. The summed E-state index contributed by atoms with van der Waals surface area (Å²) in [5.41, 5.74) is 2.53. The Balaban J connectivity index is 1.84. The van der Waals surface area contributed by atoms with Gasteiger partial charge in [-0.15, -0.1) is 5.10 Å². The summed E-state index contributed by atoms with van der Waals surface area (Å²) >= 11 is 0. The molecule has 0 aromatic carbocycles. The summed E-state index contributed by atoms with van der Waals surface area (Å²) in [5, 5.41) is 5.61. The van der Waals surface area contributed by atoms with Crippen molar-refractivity contribution in [3.05, 3.63) is 18.3 Å². The van der Waals surface area contributed by atoms with Crippen LogP contribution in [0.1, 0.15) is 20.8 Å². The number of fused-ring (bicyclic) bond motifs is 1. The first-order chi connectivity index (χ1) is 11.5. The number of rotatable bonds is 3. The Labute approximate surface area is 143 Å². The highest BCUT2D eigenvalue weighted by molar-refractivity contribution is 5.75. The molecule has 10 heteroatoms. The summed E-state index contributed by atoms with van der Waals surface area (Å²) in [4.78, 5) is 17.7. The van der Waals surface area contributed by atoms with Gasteiger partial charge in [0.2, 0.25) is 5.95 Å². The quantitative estimate of drug-likeness (QED) is 0.851. The molecule has 3 rings (SSSR count). The van der Waals surface area contributed by atoms with E-state index in [0.29, 0.717) is 11.3 Å². The number of aromatic nitrogens is 3. The number of nitrogens with one attached hydrogen (secondary N) is 1. The number of alkyl halides is 2. The van der Waals surface area contributed by atoms with Gasteiger partial charge in [-0.05, 0) is 32.9 Å². The van der Waals surface area contributed by atoms with E-state index in [4.69, 9.17) is 4.74 Å². The Morgan fingerprint density at radius 3 is 2.68 bits per heavy atom. The van der Waals surface area contributed by atoms with E-state index in [2.05, 4.69) is 15.5 Å². The van der Waals surface area contributed by atoms with Gasteiger partial charge in [-0.1, -0.05) is 0 Å². The number of nitrogens with zero attached hydrogens (tertiary/aromatic N) is 5. The maximum Gasteiger partial charge on any atom is 0.426 e. The van der Waals surface area contributed by atoms with Crippen molar-refractivity contribution in [2.75, 3.05) is 30.0 Å². The number of hydrogen-bond donors (Lipinski definition) is 1. The van der Waals surface area contributed by atoms with Crippen molar-refractivity contribution < 1.29 is 18.3 Å². The molecule has 1 amide bonds. The minimum atomic E-state index is -2.73. The Kier molecular flexibility index (Phi) is 3.92. The lowest BCUT2D eigenvalue weighted by atomic mass is 10.2. The molecule has 2 aromatic heterocycles. The molecule has 136 valence electrons. The van der Waals surface area contributed by atoms with Crippen molar-refractivity contribution in [3.63, 3.8) is 0 Å². The summed E-state index contributed by atoms with van der Waals surface area (Å²) in [6.07, 6.45) is 1.04. The average Bonchev–Trinajstić information content (AvgIpc) is 2.89. The monoisotopic (exact) mass is 354 g/mol. The maximum absolute atomic E-state index is 13.1. The fourth-order valence-corrected chi connectivity index (χ4v) is 2.43. The molecule has 0 aliphatic carbocycles. The standard InChI is InChI=1S/C15H20F2N6O2/c1-14(2,3)25-13(24)20-21(4)11-10-6-5-7-23(10)19-12(18-11)22-8-15(16,17)9-22/h5-7H,8-9H2,1-4H3,(H,20,24). The van der Waals surface area contributed by atoms with E-state index in [9.17, 15) is 13.6 Å². The molecule has 1 N–H and O–H groups in total. The molecular weight excluding hydrogens is 334 g/mol. The number of carbonyl (C=O) groups excluding carboxylic acids is 1. The predicted molar refractivity (Wildman–Crippen MR) is 87.9 cm³/mol. The third-order valence-corrected chi connectivity index (χ3v) is 3.46. The average molecular weight is 354 g/mol. The smallest absolute Gasteiger partial charge is 0.426 e. The van der Waals surface area contributed by atoms with E-state index in [1.54, 1.807) is 46.1 Å². The van der Waals surface area contributed by atoms with E-state index in [-0.39, 0.29) is 5.95 Å². The Morgan fingerprint density at radius 2 is 2.08 bits per heavy atom. The van der Waals surface area contributed by atoms with E-state index in [0.717, 1.165) is 0 Å². The molecular formula is C15H20F2N6O2. The topological polar surface area (TPSA) is 75.0 Å². The van der Waals surface area contributed by atoms with Crippen LogP contribution < -0.4 is 15.3 Å². The number of hydrazine groups is 1. The summed E-state index contributed by atoms with van der Waals surface area (Å²) in [6, 6.07) is 3.51. The van der Waals surface area contributed by atoms with Crippen molar-refractivity contribution in [1.29, 1.82) is 0 Å². The van der Waals surface area contributed by atoms with Gasteiger partial charge in [0.25, 0.3) is 5.92 Å². The van der Waals surface area contributed by atoms with Crippen LogP contribution in [-0.4, -0.2) is 52.4 Å². The molecule has 3 heterocycles. The molecule has 0 bridgehead atoms. The van der Waals surface area contributed by atoms with Crippen LogP contribution in [0.25, 0.3) is 5.52 Å². The molecule has 1 fully saturated rings. The van der Waals surface area contributed by atoms with Crippen molar-refractivity contribution in [3.8, 4) is 0 Å². The molecule has 0 radical (unpaired) electrons. The van der Waals surface area contributed by atoms with Gasteiger partial charge < -0.3 is 9.64 Å². The maximum atomic E-state index is 13.1. The zero-order valence-electron chi connectivity index (χ0n) is 14.5. The number of anilines is 2. The number of carbonyl (C=O) groups is 1. The van der Waals surface area contributed by atoms with Crippen molar-refractivity contribution in [2.24, 2.45) is 0 Å². The molecule has 1 aliphatic heterocycles. The van der Waals surface area contributed by atoms with Crippen LogP contribution in [0.3, 0.4) is 0 Å². The first kappa shape index (κ1) is 17.2. The Hall–Kier alpha value is -2.65. The summed E-state index contributed by atoms with van der Waals surface area (Å²) < 4.78 is 33.0. The lowest BCUT2D eigenvalue weighted by Gasteiger charge is -2.38. The first-order valence-corrected chi connectivity index (χ1v) is 7.76.